The van der Waals surface area contributed by atoms with Crippen molar-refractivity contribution < 1.29 is 13.2 Å². The fourth-order valence-corrected chi connectivity index (χ4v) is 3.82. The quantitative estimate of drug-likeness (QED) is 0.568. The van der Waals surface area contributed by atoms with E-state index in [4.69, 9.17) is 0 Å². The van der Waals surface area contributed by atoms with Crippen LogP contribution < -0.4 is 0 Å². The van der Waals surface area contributed by atoms with Crippen molar-refractivity contribution in [3.05, 3.63) is 59.4 Å². The number of benzene rings is 2. The Labute approximate surface area is 135 Å². The first-order valence-electron chi connectivity index (χ1n) is 8.34. The molecule has 2 aromatic rings. The van der Waals surface area contributed by atoms with Gasteiger partial charge in [0.15, 0.2) is 11.6 Å². The molecule has 0 bridgehead atoms. The molecule has 0 heterocycles. The third-order valence-electron chi connectivity index (χ3n) is 4.93. The maximum Gasteiger partial charge on any atom is 0.167 e. The van der Waals surface area contributed by atoms with Gasteiger partial charge in [-0.15, -0.1) is 0 Å². The van der Waals surface area contributed by atoms with Crippen molar-refractivity contribution >= 4 is 0 Å². The lowest BCUT2D eigenvalue weighted by molar-refractivity contribution is 0.453. The van der Waals surface area contributed by atoms with Crippen molar-refractivity contribution in [3.8, 4) is 11.1 Å². The molecule has 0 aliphatic heterocycles. The Morgan fingerprint density at radius 1 is 1.00 bits per heavy atom. The molecule has 23 heavy (non-hydrogen) atoms. The highest BCUT2D eigenvalue weighted by atomic mass is 19.2. The van der Waals surface area contributed by atoms with Crippen LogP contribution in [0.15, 0.2) is 36.4 Å². The summed E-state index contributed by atoms with van der Waals surface area (Å²) in [4.78, 5) is 0. The molecule has 3 rings (SSSR count). The van der Waals surface area contributed by atoms with Crippen LogP contribution in [-0.4, -0.2) is 0 Å². The van der Waals surface area contributed by atoms with E-state index in [1.807, 2.05) is 0 Å². The molecule has 2 aromatic carbocycles. The molecule has 0 N–H and O–H groups in total. The molecule has 0 nitrogen and oxygen atoms in total. The van der Waals surface area contributed by atoms with E-state index in [1.165, 1.54) is 0 Å². The summed E-state index contributed by atoms with van der Waals surface area (Å²) in [5, 5.41) is 0. The molecule has 3 heteroatoms. The van der Waals surface area contributed by atoms with Crippen LogP contribution in [0.3, 0.4) is 0 Å². The standard InChI is InChI=1S/C20H21F3/c1-2-6-13-9-10-15(11-13)18-17(21)12-16(19(22)20(18)23)14-7-4-3-5-8-14/h3-5,7-8,12-13,15H,2,6,9-11H2,1H3. The second-order valence-corrected chi connectivity index (χ2v) is 6.48. The van der Waals surface area contributed by atoms with Crippen LogP contribution in [0.1, 0.15) is 50.5 Å². The summed E-state index contributed by atoms with van der Waals surface area (Å²) in [6, 6.07) is 9.70. The Morgan fingerprint density at radius 3 is 2.43 bits per heavy atom. The molecule has 122 valence electrons. The van der Waals surface area contributed by atoms with Gasteiger partial charge in [-0.2, -0.15) is 0 Å². The van der Waals surface area contributed by atoms with E-state index >= 15 is 0 Å². The van der Waals surface area contributed by atoms with E-state index in [-0.39, 0.29) is 17.0 Å². The summed E-state index contributed by atoms with van der Waals surface area (Å²) < 4.78 is 43.6. The van der Waals surface area contributed by atoms with E-state index < -0.39 is 17.5 Å². The summed E-state index contributed by atoms with van der Waals surface area (Å²) in [5.74, 6) is -2.27. The molecule has 1 aliphatic rings. The predicted molar refractivity (Wildman–Crippen MR) is 86.7 cm³/mol. The van der Waals surface area contributed by atoms with E-state index in [2.05, 4.69) is 6.92 Å². The fraction of sp³-hybridized carbons (Fsp3) is 0.400. The number of hydrogen-bond donors (Lipinski definition) is 0. The minimum Gasteiger partial charge on any atom is -0.207 e. The zero-order chi connectivity index (χ0) is 16.4. The molecule has 1 fully saturated rings. The van der Waals surface area contributed by atoms with Crippen molar-refractivity contribution in [3.63, 3.8) is 0 Å². The van der Waals surface area contributed by atoms with Crippen LogP contribution in [-0.2, 0) is 0 Å². The van der Waals surface area contributed by atoms with Gasteiger partial charge in [-0.05, 0) is 42.7 Å². The highest BCUT2D eigenvalue weighted by Gasteiger charge is 2.31. The fourth-order valence-electron chi connectivity index (χ4n) is 3.82. The van der Waals surface area contributed by atoms with Crippen LogP contribution in [0.5, 0.6) is 0 Å². The van der Waals surface area contributed by atoms with Crippen molar-refractivity contribution in [1.29, 1.82) is 0 Å². The van der Waals surface area contributed by atoms with Gasteiger partial charge in [0.1, 0.15) is 5.82 Å². The minimum atomic E-state index is -1.01. The SMILES string of the molecule is CCCC1CCC(c2c(F)cc(-c3ccccc3)c(F)c2F)C1. The van der Waals surface area contributed by atoms with Crippen LogP contribution in [0.2, 0.25) is 0 Å². The second-order valence-electron chi connectivity index (χ2n) is 6.48. The van der Waals surface area contributed by atoms with Crippen molar-refractivity contribution in [1.82, 2.24) is 0 Å². The van der Waals surface area contributed by atoms with Crippen LogP contribution in [0.4, 0.5) is 13.2 Å². The summed E-state index contributed by atoms with van der Waals surface area (Å²) in [6.07, 6.45) is 4.61. The van der Waals surface area contributed by atoms with E-state index in [9.17, 15) is 13.2 Å². The lowest BCUT2D eigenvalue weighted by Crippen LogP contribution is -2.06. The van der Waals surface area contributed by atoms with Gasteiger partial charge in [-0.25, -0.2) is 13.2 Å². The Bertz CT molecular complexity index is 679. The summed E-state index contributed by atoms with van der Waals surface area (Å²) in [5.41, 5.74) is 0.429. The Morgan fingerprint density at radius 2 is 1.74 bits per heavy atom. The molecule has 0 spiro atoms. The van der Waals surface area contributed by atoms with Gasteiger partial charge in [0.25, 0.3) is 0 Å². The molecule has 2 atom stereocenters. The molecule has 2 unspecified atom stereocenters. The molecule has 0 saturated heterocycles. The average Bonchev–Trinajstić information content (AvgIpc) is 3.00. The van der Waals surface area contributed by atoms with Crippen molar-refractivity contribution in [2.24, 2.45) is 5.92 Å². The zero-order valence-electron chi connectivity index (χ0n) is 13.3. The molecular formula is C20H21F3. The third kappa shape index (κ3) is 3.15. The molecule has 1 saturated carbocycles. The van der Waals surface area contributed by atoms with Crippen molar-refractivity contribution in [2.75, 3.05) is 0 Å². The Balaban J connectivity index is 1.96. The smallest absolute Gasteiger partial charge is 0.167 e. The molecule has 0 amide bonds. The summed E-state index contributed by atoms with van der Waals surface area (Å²) in [6.45, 7) is 2.11. The van der Waals surface area contributed by atoms with Gasteiger partial charge in [0.2, 0.25) is 0 Å². The summed E-state index contributed by atoms with van der Waals surface area (Å²) >= 11 is 0. The lowest BCUT2D eigenvalue weighted by atomic mass is 9.91. The molecular weight excluding hydrogens is 297 g/mol. The highest BCUT2D eigenvalue weighted by Crippen LogP contribution is 2.43. The number of hydrogen-bond acceptors (Lipinski definition) is 0. The van der Waals surface area contributed by atoms with E-state index in [0.29, 0.717) is 11.5 Å². The normalized spacial score (nSPS) is 20.9. The van der Waals surface area contributed by atoms with E-state index in [1.54, 1.807) is 30.3 Å². The van der Waals surface area contributed by atoms with Crippen molar-refractivity contribution in [2.45, 2.75) is 44.9 Å². The third-order valence-corrected chi connectivity index (χ3v) is 4.93. The molecule has 0 radical (unpaired) electrons. The first-order chi connectivity index (χ1) is 11.1. The Hall–Kier alpha value is -1.77. The minimum absolute atomic E-state index is 0.00699. The number of halogens is 3. The van der Waals surface area contributed by atoms with Crippen LogP contribution in [0.25, 0.3) is 11.1 Å². The monoisotopic (exact) mass is 318 g/mol. The second kappa shape index (κ2) is 6.77. The van der Waals surface area contributed by atoms with Crippen LogP contribution in [0, 0.1) is 23.4 Å². The molecule has 1 aliphatic carbocycles. The lowest BCUT2D eigenvalue weighted by Gasteiger charge is -2.16. The van der Waals surface area contributed by atoms with Gasteiger partial charge in [0.05, 0.1) is 0 Å². The van der Waals surface area contributed by atoms with Crippen LogP contribution >= 0.6 is 0 Å². The predicted octanol–water partition coefficient (Wildman–Crippen LogP) is 6.45. The van der Waals surface area contributed by atoms with Gasteiger partial charge in [0, 0.05) is 11.1 Å². The highest BCUT2D eigenvalue weighted by molar-refractivity contribution is 5.65. The first kappa shape index (κ1) is 16.1. The maximum absolute atomic E-state index is 14.6. The Kier molecular flexibility index (Phi) is 4.74. The topological polar surface area (TPSA) is 0 Å². The van der Waals surface area contributed by atoms with Gasteiger partial charge in [-0.1, -0.05) is 50.1 Å². The van der Waals surface area contributed by atoms with Gasteiger partial charge in [-0.3, -0.25) is 0 Å². The van der Waals surface area contributed by atoms with Gasteiger partial charge >= 0.3 is 0 Å². The largest absolute Gasteiger partial charge is 0.207 e. The molecule has 0 aromatic heterocycles. The first-order valence-corrected chi connectivity index (χ1v) is 8.34. The summed E-state index contributed by atoms with van der Waals surface area (Å²) in [7, 11) is 0. The average molecular weight is 318 g/mol. The maximum atomic E-state index is 14.6. The van der Waals surface area contributed by atoms with Gasteiger partial charge < -0.3 is 0 Å². The van der Waals surface area contributed by atoms with E-state index in [0.717, 1.165) is 38.2 Å². The zero-order valence-corrected chi connectivity index (χ0v) is 13.3. The number of rotatable bonds is 4.